The Bertz CT molecular complexity index is 1500. The monoisotopic (exact) mass is 606 g/mol. The van der Waals surface area contributed by atoms with Crippen molar-refractivity contribution in [2.24, 2.45) is 11.7 Å². The van der Waals surface area contributed by atoms with Gasteiger partial charge in [0.15, 0.2) is 17.3 Å². The Labute approximate surface area is 245 Å². The van der Waals surface area contributed by atoms with E-state index in [1.54, 1.807) is 25.3 Å². The number of fused-ring (bicyclic) bond motifs is 1. The Kier molecular flexibility index (Phi) is 8.34. The number of carbonyl (C=O) groups excluding carboxylic acids is 2. The van der Waals surface area contributed by atoms with Crippen LogP contribution in [0.15, 0.2) is 18.3 Å². The molecular formula is C28H34F4N8O3. The summed E-state index contributed by atoms with van der Waals surface area (Å²) >= 11 is 0. The first kappa shape index (κ1) is 30.3. The van der Waals surface area contributed by atoms with Crippen molar-refractivity contribution >= 4 is 40.7 Å². The van der Waals surface area contributed by atoms with Crippen molar-refractivity contribution in [2.45, 2.75) is 76.7 Å². The van der Waals surface area contributed by atoms with E-state index in [9.17, 15) is 22.8 Å². The second-order valence-electron chi connectivity index (χ2n) is 12.0. The molecule has 3 heterocycles. The average Bonchev–Trinajstić information content (AvgIpc) is 3.28. The molecule has 0 bridgehead atoms. The lowest BCUT2D eigenvalue weighted by Gasteiger charge is -2.35. The highest BCUT2D eigenvalue weighted by atomic mass is 19.1. The Morgan fingerprint density at radius 3 is 2.33 bits per heavy atom. The van der Waals surface area contributed by atoms with Gasteiger partial charge in [-0.1, -0.05) is 0 Å². The van der Waals surface area contributed by atoms with Crippen LogP contribution in [0.5, 0.6) is 0 Å². The molecule has 2 atom stereocenters. The van der Waals surface area contributed by atoms with Crippen LogP contribution in [-0.4, -0.2) is 67.3 Å². The molecule has 15 heteroatoms. The summed E-state index contributed by atoms with van der Waals surface area (Å²) in [6, 6.07) is 0.140. The number of piperidine rings is 1. The quantitative estimate of drug-likeness (QED) is 0.335. The first-order valence-electron chi connectivity index (χ1n) is 14.1. The van der Waals surface area contributed by atoms with E-state index < -0.39 is 53.0 Å². The number of alkyl halides is 1. The minimum atomic E-state index is -1.43. The van der Waals surface area contributed by atoms with Crippen LogP contribution in [0.3, 0.4) is 0 Å². The number of halogens is 4. The van der Waals surface area contributed by atoms with Crippen molar-refractivity contribution in [3.63, 3.8) is 0 Å². The molecule has 232 valence electrons. The van der Waals surface area contributed by atoms with Crippen molar-refractivity contribution < 1.29 is 31.9 Å². The van der Waals surface area contributed by atoms with Gasteiger partial charge in [-0.15, -0.1) is 0 Å². The van der Waals surface area contributed by atoms with E-state index in [4.69, 9.17) is 10.5 Å². The van der Waals surface area contributed by atoms with E-state index in [-0.39, 0.29) is 43.4 Å². The molecule has 1 saturated heterocycles. The predicted octanol–water partition coefficient (Wildman–Crippen LogP) is 4.96. The van der Waals surface area contributed by atoms with Gasteiger partial charge in [-0.25, -0.2) is 32.3 Å². The zero-order valence-corrected chi connectivity index (χ0v) is 24.0. The fraction of sp³-hybridized carbons (Fsp3) is 0.536. The van der Waals surface area contributed by atoms with E-state index in [0.717, 1.165) is 0 Å². The molecule has 2 amide bonds. The van der Waals surface area contributed by atoms with Crippen LogP contribution in [-0.2, 0) is 9.53 Å². The average molecular weight is 607 g/mol. The summed E-state index contributed by atoms with van der Waals surface area (Å²) in [5, 5.41) is 5.65. The Balaban J connectivity index is 1.41. The molecule has 0 radical (unpaired) electrons. The molecule has 1 saturated carbocycles. The van der Waals surface area contributed by atoms with Crippen LogP contribution in [0.1, 0.15) is 58.9 Å². The van der Waals surface area contributed by atoms with Gasteiger partial charge in [-0.3, -0.25) is 9.36 Å². The van der Waals surface area contributed by atoms with Crippen molar-refractivity contribution in [3.05, 3.63) is 35.8 Å². The number of nitrogens with two attached hydrogens (primary N) is 1. The fourth-order valence-corrected chi connectivity index (χ4v) is 5.51. The van der Waals surface area contributed by atoms with Crippen LogP contribution in [0.2, 0.25) is 0 Å². The van der Waals surface area contributed by atoms with Crippen molar-refractivity contribution in [2.75, 3.05) is 23.7 Å². The zero-order chi connectivity index (χ0) is 31.1. The number of likely N-dealkylation sites (tertiary alicyclic amines) is 1. The second-order valence-corrected chi connectivity index (χ2v) is 12.0. The fourth-order valence-electron chi connectivity index (χ4n) is 5.51. The number of carbonyl (C=O) groups is 2. The first-order chi connectivity index (χ1) is 20.3. The number of anilines is 3. The van der Waals surface area contributed by atoms with Gasteiger partial charge >= 0.3 is 6.09 Å². The van der Waals surface area contributed by atoms with Gasteiger partial charge in [0.05, 0.1) is 18.8 Å². The normalized spacial score (nSPS) is 22.8. The second kappa shape index (κ2) is 11.8. The molecule has 1 aliphatic heterocycles. The first-order valence-corrected chi connectivity index (χ1v) is 14.1. The molecule has 0 spiro atoms. The molecular weight excluding hydrogens is 572 g/mol. The summed E-state index contributed by atoms with van der Waals surface area (Å²) in [7, 11) is 0. The molecule has 5 rings (SSSR count). The molecule has 3 aromatic rings. The van der Waals surface area contributed by atoms with Crippen molar-refractivity contribution in [1.29, 1.82) is 0 Å². The van der Waals surface area contributed by atoms with Crippen molar-refractivity contribution in [3.8, 4) is 0 Å². The minimum absolute atomic E-state index is 0.0439. The standard InChI is InChI=1S/C28H34F4N8O3/c1-28(2,3)43-27(42)39-9-8-20(19(32)13-39)35-25-34-12-21-24(38-25)40(16-6-4-14(5-7-16)23(33)41)26(36-21)37-22-17(30)10-15(29)11-18(22)31/h10-12,14,16,19-20H,4-9,13H2,1-3H3,(H2,33,41)(H,36,37)(H,34,35,38)/t14-,16-,19-,20+/m1/s1. The van der Waals surface area contributed by atoms with E-state index in [2.05, 4.69) is 25.6 Å². The molecule has 4 N–H and O–H groups in total. The topological polar surface area (TPSA) is 140 Å². The van der Waals surface area contributed by atoms with Gasteiger partial charge < -0.3 is 26.0 Å². The van der Waals surface area contributed by atoms with Gasteiger partial charge in [0.25, 0.3) is 0 Å². The number of aromatic nitrogens is 4. The molecule has 11 nitrogen and oxygen atoms in total. The third kappa shape index (κ3) is 6.75. The number of hydrogen-bond donors (Lipinski definition) is 3. The number of hydrogen-bond acceptors (Lipinski definition) is 8. The van der Waals surface area contributed by atoms with Crippen LogP contribution in [0.4, 0.5) is 39.9 Å². The lowest BCUT2D eigenvalue weighted by molar-refractivity contribution is -0.122. The highest BCUT2D eigenvalue weighted by molar-refractivity contribution is 5.78. The number of imidazole rings is 1. The SMILES string of the molecule is CC(C)(C)OC(=O)N1CC[C@H](Nc2ncc3nc(Nc4c(F)cc(F)cc4F)n([C@H]4CC[C@H](C(N)=O)CC4)c3n2)[C@H](F)C1. The maximum absolute atomic E-state index is 15.2. The predicted molar refractivity (Wildman–Crippen MR) is 150 cm³/mol. The summed E-state index contributed by atoms with van der Waals surface area (Å²) in [5.41, 5.74) is 4.81. The van der Waals surface area contributed by atoms with E-state index >= 15 is 4.39 Å². The Morgan fingerprint density at radius 1 is 1.05 bits per heavy atom. The van der Waals surface area contributed by atoms with Crippen LogP contribution < -0.4 is 16.4 Å². The highest BCUT2D eigenvalue weighted by Crippen LogP contribution is 2.37. The third-order valence-corrected chi connectivity index (χ3v) is 7.65. The van der Waals surface area contributed by atoms with Gasteiger partial charge in [0.2, 0.25) is 17.8 Å². The number of nitrogens with one attached hydrogen (secondary N) is 2. The molecule has 2 fully saturated rings. The molecule has 2 aromatic heterocycles. The van der Waals surface area contributed by atoms with Crippen LogP contribution >= 0.6 is 0 Å². The summed E-state index contributed by atoms with van der Waals surface area (Å²) < 4.78 is 64.8. The summed E-state index contributed by atoms with van der Waals surface area (Å²) in [5.74, 6) is -3.90. The summed E-state index contributed by atoms with van der Waals surface area (Å²) in [6.07, 6.45) is 1.65. The van der Waals surface area contributed by atoms with E-state index in [1.807, 2.05) is 0 Å². The molecule has 43 heavy (non-hydrogen) atoms. The molecule has 2 aliphatic rings. The summed E-state index contributed by atoms with van der Waals surface area (Å²) in [6.45, 7) is 5.31. The van der Waals surface area contributed by atoms with Crippen LogP contribution in [0, 0.1) is 23.4 Å². The van der Waals surface area contributed by atoms with Gasteiger partial charge in [0, 0.05) is 30.6 Å². The lowest BCUT2D eigenvalue weighted by Crippen LogP contribution is -2.51. The highest BCUT2D eigenvalue weighted by Gasteiger charge is 2.35. The van der Waals surface area contributed by atoms with Crippen LogP contribution in [0.25, 0.3) is 11.2 Å². The number of amides is 2. The number of ether oxygens (including phenoxy) is 1. The van der Waals surface area contributed by atoms with E-state index in [0.29, 0.717) is 49.0 Å². The van der Waals surface area contributed by atoms with E-state index in [1.165, 1.54) is 11.1 Å². The Morgan fingerprint density at radius 2 is 1.72 bits per heavy atom. The molecule has 1 aromatic carbocycles. The number of nitrogens with zero attached hydrogens (tertiary/aromatic N) is 5. The zero-order valence-electron chi connectivity index (χ0n) is 24.0. The lowest BCUT2D eigenvalue weighted by atomic mass is 9.85. The number of benzene rings is 1. The van der Waals surface area contributed by atoms with Crippen molar-refractivity contribution in [1.82, 2.24) is 24.4 Å². The smallest absolute Gasteiger partial charge is 0.410 e. The van der Waals surface area contributed by atoms with Gasteiger partial charge in [0.1, 0.15) is 28.8 Å². The number of rotatable bonds is 6. The maximum atomic E-state index is 15.2. The molecule has 1 aliphatic carbocycles. The van der Waals surface area contributed by atoms with Gasteiger partial charge in [-0.2, -0.15) is 4.98 Å². The van der Waals surface area contributed by atoms with Gasteiger partial charge in [-0.05, 0) is 52.9 Å². The Hall–Kier alpha value is -4.17. The number of primary amides is 1. The minimum Gasteiger partial charge on any atom is -0.444 e. The molecule has 0 unspecified atom stereocenters. The third-order valence-electron chi connectivity index (χ3n) is 7.65. The maximum Gasteiger partial charge on any atom is 0.410 e. The largest absolute Gasteiger partial charge is 0.444 e. The summed E-state index contributed by atoms with van der Waals surface area (Å²) in [4.78, 5) is 38.8.